The minimum Gasteiger partial charge on any atom is -0.476 e. The average Bonchev–Trinajstić information content (AvgIpc) is 3.53. The normalized spacial score (nSPS) is 20.1. The van der Waals surface area contributed by atoms with E-state index in [1.807, 2.05) is 6.92 Å². The first kappa shape index (κ1) is 23.0. The van der Waals surface area contributed by atoms with Gasteiger partial charge in [-0.15, -0.1) is 0 Å². The maximum Gasteiger partial charge on any atom is 0.261 e. The van der Waals surface area contributed by atoms with Crippen LogP contribution >= 0.6 is 0 Å². The number of furan rings is 1. The van der Waals surface area contributed by atoms with E-state index in [0.717, 1.165) is 12.8 Å². The Morgan fingerprint density at radius 3 is 2.68 bits per heavy atom. The predicted molar refractivity (Wildman–Crippen MR) is 127 cm³/mol. The molecule has 3 aromatic heterocycles. The van der Waals surface area contributed by atoms with Crippen LogP contribution in [0.5, 0.6) is 5.88 Å². The number of aryl methyl sites for hydroxylation is 1. The Hall–Kier alpha value is -2.76. The molecule has 0 bridgehead atoms. The lowest BCUT2D eigenvalue weighted by molar-refractivity contribution is 0.115. The molecule has 2 fully saturated rings. The molecule has 1 saturated carbocycles. The van der Waals surface area contributed by atoms with Gasteiger partial charge in [0.25, 0.3) is 5.56 Å². The minimum atomic E-state index is -3.22. The molecule has 2 aliphatic rings. The quantitative estimate of drug-likeness (QED) is 0.496. The van der Waals surface area contributed by atoms with Crippen molar-refractivity contribution in [2.24, 2.45) is 13.0 Å². The summed E-state index contributed by atoms with van der Waals surface area (Å²) in [6.45, 7) is 4.50. The third-order valence-electron chi connectivity index (χ3n) is 6.53. The maximum atomic E-state index is 12.9. The van der Waals surface area contributed by atoms with Crippen molar-refractivity contribution in [2.75, 3.05) is 32.5 Å². The SMILES string of the molecule is C[C@@H]1CN(S(C)(=O)=O)CCN1Cc1cc2c(=O)n(C)cc(-c3nccnc3OCC3CC3)c2o1. The molecule has 1 atom stereocenters. The van der Waals surface area contributed by atoms with Crippen LogP contribution in [0.3, 0.4) is 0 Å². The van der Waals surface area contributed by atoms with Crippen molar-refractivity contribution in [3.63, 3.8) is 0 Å². The van der Waals surface area contributed by atoms with Crippen LogP contribution < -0.4 is 10.3 Å². The number of hydrogen-bond donors (Lipinski definition) is 0. The van der Waals surface area contributed by atoms with E-state index >= 15 is 0 Å². The molecule has 3 aromatic rings. The molecule has 11 heteroatoms. The van der Waals surface area contributed by atoms with Gasteiger partial charge in [0.1, 0.15) is 11.5 Å². The topological polar surface area (TPSA) is 111 Å². The molecule has 0 unspecified atom stereocenters. The molecule has 1 aliphatic carbocycles. The molecule has 182 valence electrons. The number of pyridine rings is 1. The van der Waals surface area contributed by atoms with Crippen molar-refractivity contribution < 1.29 is 17.6 Å². The van der Waals surface area contributed by atoms with Gasteiger partial charge in [-0.2, -0.15) is 4.31 Å². The van der Waals surface area contributed by atoms with Crippen molar-refractivity contribution >= 4 is 21.0 Å². The van der Waals surface area contributed by atoms with Gasteiger partial charge in [-0.3, -0.25) is 9.69 Å². The van der Waals surface area contributed by atoms with Crippen LogP contribution in [-0.4, -0.2) is 70.7 Å². The second-order valence-corrected chi connectivity index (χ2v) is 11.3. The van der Waals surface area contributed by atoms with E-state index in [-0.39, 0.29) is 11.6 Å². The van der Waals surface area contributed by atoms with Gasteiger partial charge >= 0.3 is 0 Å². The third-order valence-corrected chi connectivity index (χ3v) is 7.80. The summed E-state index contributed by atoms with van der Waals surface area (Å²) in [5.74, 6) is 1.64. The lowest BCUT2D eigenvalue weighted by atomic mass is 10.1. The summed E-state index contributed by atoms with van der Waals surface area (Å²) in [7, 11) is -1.52. The van der Waals surface area contributed by atoms with E-state index in [4.69, 9.17) is 9.15 Å². The molecule has 0 spiro atoms. The van der Waals surface area contributed by atoms with Crippen LogP contribution in [0.4, 0.5) is 0 Å². The number of rotatable bonds is 7. The number of fused-ring (bicyclic) bond motifs is 1. The van der Waals surface area contributed by atoms with Crippen molar-refractivity contribution in [1.29, 1.82) is 0 Å². The van der Waals surface area contributed by atoms with E-state index in [9.17, 15) is 13.2 Å². The van der Waals surface area contributed by atoms with Gasteiger partial charge in [0.15, 0.2) is 5.58 Å². The molecule has 5 rings (SSSR count). The second-order valence-electron chi connectivity index (χ2n) is 9.32. The van der Waals surface area contributed by atoms with Crippen LogP contribution in [0.2, 0.25) is 0 Å². The zero-order valence-corrected chi connectivity index (χ0v) is 20.4. The van der Waals surface area contributed by atoms with Crippen LogP contribution in [0.25, 0.3) is 22.2 Å². The summed E-state index contributed by atoms with van der Waals surface area (Å²) in [6.07, 6.45) is 8.47. The van der Waals surface area contributed by atoms with E-state index in [2.05, 4.69) is 14.9 Å². The predicted octanol–water partition coefficient (Wildman–Crippen LogP) is 1.84. The van der Waals surface area contributed by atoms with Gasteiger partial charge in [-0.05, 0) is 31.7 Å². The molecule has 0 radical (unpaired) electrons. The van der Waals surface area contributed by atoms with E-state index < -0.39 is 10.0 Å². The zero-order valence-electron chi connectivity index (χ0n) is 19.6. The van der Waals surface area contributed by atoms with E-state index in [1.54, 1.807) is 31.7 Å². The molecular formula is C23H29N5O5S. The Morgan fingerprint density at radius 1 is 1.21 bits per heavy atom. The monoisotopic (exact) mass is 487 g/mol. The van der Waals surface area contributed by atoms with Crippen molar-refractivity contribution in [3.05, 3.63) is 40.8 Å². The van der Waals surface area contributed by atoms with Gasteiger partial charge in [-0.25, -0.2) is 18.4 Å². The summed E-state index contributed by atoms with van der Waals surface area (Å²) < 4.78 is 39.0. The Balaban J connectivity index is 1.47. The first-order chi connectivity index (χ1) is 16.2. The Morgan fingerprint density at radius 2 is 1.97 bits per heavy atom. The minimum absolute atomic E-state index is 0.0152. The number of nitrogens with zero attached hydrogens (tertiary/aromatic N) is 5. The van der Waals surface area contributed by atoms with Gasteiger partial charge in [-0.1, -0.05) is 0 Å². The molecule has 1 aliphatic heterocycles. The summed E-state index contributed by atoms with van der Waals surface area (Å²) in [6, 6.07) is 1.79. The number of aromatic nitrogens is 3. The first-order valence-corrected chi connectivity index (χ1v) is 13.3. The fraction of sp³-hybridized carbons (Fsp3) is 0.522. The third kappa shape index (κ3) is 4.59. The van der Waals surface area contributed by atoms with Crippen LogP contribution in [-0.2, 0) is 23.6 Å². The molecule has 0 aromatic carbocycles. The van der Waals surface area contributed by atoms with Gasteiger partial charge < -0.3 is 13.7 Å². The van der Waals surface area contributed by atoms with Crippen LogP contribution in [0.1, 0.15) is 25.5 Å². The lowest BCUT2D eigenvalue weighted by Crippen LogP contribution is -2.52. The molecule has 4 heterocycles. The molecule has 34 heavy (non-hydrogen) atoms. The second kappa shape index (κ2) is 8.79. The van der Waals surface area contributed by atoms with E-state index in [0.29, 0.717) is 72.6 Å². The number of ether oxygens (including phenoxy) is 1. The van der Waals surface area contributed by atoms with Crippen molar-refractivity contribution in [1.82, 2.24) is 23.7 Å². The van der Waals surface area contributed by atoms with Crippen LogP contribution in [0.15, 0.2) is 33.9 Å². The summed E-state index contributed by atoms with van der Waals surface area (Å²) in [4.78, 5) is 23.9. The highest BCUT2D eigenvalue weighted by Crippen LogP contribution is 2.35. The Kier molecular flexibility index (Phi) is 5.95. The number of piperazine rings is 1. The maximum absolute atomic E-state index is 12.9. The number of sulfonamides is 1. The Labute approximate surface area is 198 Å². The fourth-order valence-corrected chi connectivity index (χ4v) is 5.24. The molecule has 0 N–H and O–H groups in total. The summed E-state index contributed by atoms with van der Waals surface area (Å²) in [5, 5.41) is 0.469. The molecular weight excluding hydrogens is 458 g/mol. The van der Waals surface area contributed by atoms with Crippen molar-refractivity contribution in [2.45, 2.75) is 32.4 Å². The largest absolute Gasteiger partial charge is 0.476 e. The first-order valence-electron chi connectivity index (χ1n) is 11.5. The average molecular weight is 488 g/mol. The van der Waals surface area contributed by atoms with E-state index in [1.165, 1.54) is 15.1 Å². The highest BCUT2D eigenvalue weighted by molar-refractivity contribution is 7.88. The van der Waals surface area contributed by atoms with Crippen molar-refractivity contribution in [3.8, 4) is 17.1 Å². The fourth-order valence-electron chi connectivity index (χ4n) is 4.34. The summed E-state index contributed by atoms with van der Waals surface area (Å²) in [5.41, 5.74) is 1.49. The smallest absolute Gasteiger partial charge is 0.261 e. The van der Waals surface area contributed by atoms with Crippen LogP contribution in [0, 0.1) is 5.92 Å². The highest BCUT2D eigenvalue weighted by atomic mass is 32.2. The number of hydrogen-bond acceptors (Lipinski definition) is 8. The van der Waals surface area contributed by atoms with Gasteiger partial charge in [0.2, 0.25) is 15.9 Å². The molecule has 10 nitrogen and oxygen atoms in total. The Bertz CT molecular complexity index is 1380. The molecule has 0 amide bonds. The highest BCUT2D eigenvalue weighted by Gasteiger charge is 2.30. The zero-order chi connectivity index (χ0) is 24.0. The lowest BCUT2D eigenvalue weighted by Gasteiger charge is -2.38. The standard InChI is InChI=1S/C23H29N5O5S/c1-15-11-28(34(3,30)31)9-8-27(15)12-17-10-18-21(33-17)19(13-26(2)23(18)29)20-22(25-7-6-24-20)32-14-16-4-5-16/h6-7,10,13,15-16H,4-5,8-9,11-12,14H2,1-3H3/t15-/m1/s1. The molecule has 1 saturated heterocycles. The van der Waals surface area contributed by atoms with Gasteiger partial charge in [0.05, 0.1) is 30.4 Å². The summed E-state index contributed by atoms with van der Waals surface area (Å²) >= 11 is 0. The van der Waals surface area contributed by atoms with Gasteiger partial charge in [0, 0.05) is 51.3 Å².